The molecule has 0 unspecified atom stereocenters. The van der Waals surface area contributed by atoms with Crippen LogP contribution in [0.3, 0.4) is 0 Å². The molecule has 0 saturated carbocycles. The molecular formula is C69H49NS. The van der Waals surface area contributed by atoms with Crippen molar-refractivity contribution in [3.8, 4) is 44.5 Å². The fraction of sp³-hybridized carbons (Fsp3) is 0.101. The minimum absolute atomic E-state index is 0.0670. The number of allylic oxidation sites excluding steroid dienone is 4. The van der Waals surface area contributed by atoms with Gasteiger partial charge in [0.25, 0.3) is 0 Å². The highest BCUT2D eigenvalue weighted by atomic mass is 32.1. The summed E-state index contributed by atoms with van der Waals surface area (Å²) >= 11 is 1.84. The van der Waals surface area contributed by atoms with Crippen LogP contribution in [0, 0.1) is 12.1 Å². The Morgan fingerprint density at radius 3 is 1.87 bits per heavy atom. The Balaban J connectivity index is 1.07. The third-order valence-corrected chi connectivity index (χ3v) is 16.8. The van der Waals surface area contributed by atoms with Gasteiger partial charge in [-0.15, -0.1) is 11.3 Å². The average Bonchev–Trinajstić information content (AvgIpc) is 4.05. The summed E-state index contributed by atoms with van der Waals surface area (Å²) in [7, 11) is 0. The number of thiophene rings is 1. The second-order valence-corrected chi connectivity index (χ2v) is 21.6. The summed E-state index contributed by atoms with van der Waals surface area (Å²) in [5.74, 6) is 0. The zero-order chi connectivity index (χ0) is 47.4. The van der Waals surface area contributed by atoms with Crippen LogP contribution in [0.1, 0.15) is 61.4 Å². The van der Waals surface area contributed by atoms with Gasteiger partial charge >= 0.3 is 0 Å². The van der Waals surface area contributed by atoms with E-state index in [4.69, 9.17) is 0 Å². The highest BCUT2D eigenvalue weighted by Crippen LogP contribution is 2.64. The van der Waals surface area contributed by atoms with Crippen molar-refractivity contribution in [1.29, 1.82) is 0 Å². The molecule has 0 radical (unpaired) electrons. The maximum absolute atomic E-state index is 3.77. The van der Waals surface area contributed by atoms with Crippen LogP contribution >= 0.6 is 11.3 Å². The number of hydrogen-bond acceptors (Lipinski definition) is 2. The minimum Gasteiger partial charge on any atom is -0.313 e. The maximum atomic E-state index is 3.77. The van der Waals surface area contributed by atoms with E-state index in [9.17, 15) is 0 Å². The standard InChI is InChI=1S/C69H49NS/c1-68(2,3)48-36-32-44(33-37-48)47-35-40-62(56(42-47)45-18-5-4-6-19-45)70(63-41-34-46-20-7-8-21-50(46)66(63)55-26-17-31-65-67(55)54-25-12-16-30-64(54)71-65)49-38-39-61-57(43-49)53-24-11-15-29-60(53)69(61)58-27-13-9-22-51(58)52-23-10-14-28-59(52)69/h4-16,18-25,27-37,40-43H,38-39H2,1-3H3. The van der Waals surface area contributed by atoms with Gasteiger partial charge in [0, 0.05) is 48.6 Å². The lowest BCUT2D eigenvalue weighted by Crippen LogP contribution is -2.29. The van der Waals surface area contributed by atoms with Crippen molar-refractivity contribution in [2.75, 3.05) is 4.90 Å². The molecule has 336 valence electrons. The van der Waals surface area contributed by atoms with E-state index in [1.54, 1.807) is 0 Å². The second kappa shape index (κ2) is 15.9. The number of benzene rings is 9. The fourth-order valence-corrected chi connectivity index (χ4v) is 13.6. The molecule has 2 heteroatoms. The van der Waals surface area contributed by atoms with Crippen LogP contribution in [-0.4, -0.2) is 0 Å². The fourth-order valence-electron chi connectivity index (χ4n) is 12.5. The summed E-state index contributed by atoms with van der Waals surface area (Å²) in [4.78, 5) is 2.63. The van der Waals surface area contributed by atoms with Gasteiger partial charge in [-0.25, -0.2) is 0 Å². The van der Waals surface area contributed by atoms with Gasteiger partial charge in [-0.05, 0) is 126 Å². The first-order valence-corrected chi connectivity index (χ1v) is 25.8. The van der Waals surface area contributed by atoms with E-state index >= 15 is 0 Å². The predicted octanol–water partition coefficient (Wildman–Crippen LogP) is 18.7. The first-order chi connectivity index (χ1) is 34.9. The highest BCUT2D eigenvalue weighted by molar-refractivity contribution is 7.25. The molecule has 3 aliphatic rings. The van der Waals surface area contributed by atoms with Gasteiger partial charge in [0.05, 0.1) is 16.8 Å². The minimum atomic E-state index is -0.361. The normalized spacial score (nSPS) is 14.3. The summed E-state index contributed by atoms with van der Waals surface area (Å²) in [6.45, 7) is 6.85. The van der Waals surface area contributed by atoms with Crippen molar-refractivity contribution in [2.45, 2.75) is 44.4 Å². The van der Waals surface area contributed by atoms with E-state index in [0.717, 1.165) is 35.3 Å². The summed E-state index contributed by atoms with van der Waals surface area (Å²) in [5, 5.41) is 4.87. The topological polar surface area (TPSA) is 3.24 Å². The molecule has 71 heavy (non-hydrogen) atoms. The molecule has 0 atom stereocenters. The summed E-state index contributed by atoms with van der Waals surface area (Å²) in [6, 6.07) is 86.8. The molecule has 1 nitrogen and oxygen atoms in total. The van der Waals surface area contributed by atoms with Gasteiger partial charge in [-0.3, -0.25) is 0 Å². The van der Waals surface area contributed by atoms with Crippen molar-refractivity contribution < 1.29 is 0 Å². The lowest BCUT2D eigenvalue weighted by atomic mass is 9.68. The quantitative estimate of drug-likeness (QED) is 0.161. The van der Waals surface area contributed by atoms with E-state index in [0.29, 0.717) is 0 Å². The molecule has 1 heterocycles. The monoisotopic (exact) mass is 923 g/mol. The molecule has 0 amide bonds. The zero-order valence-electron chi connectivity index (χ0n) is 40.1. The van der Waals surface area contributed by atoms with Gasteiger partial charge in [-0.2, -0.15) is 0 Å². The average molecular weight is 924 g/mol. The Bertz CT molecular complexity index is 3980. The molecule has 1 spiro atoms. The Morgan fingerprint density at radius 2 is 1.13 bits per heavy atom. The SMILES string of the molecule is CC(C)(C)c1ccc(-c2ccc(N(C3=CC4=C(CC3)C3(c5ccccc54)c4ccccc4-c4ccccc43)c3ccc4ccccc4c3-c3c#ccc4sc5ccccc5c34)c(-c3ccccc3)c2)cc1. The van der Waals surface area contributed by atoms with Crippen molar-refractivity contribution in [2.24, 2.45) is 0 Å². The molecule has 10 aromatic carbocycles. The summed E-state index contributed by atoms with van der Waals surface area (Å²) in [6.07, 6.45) is 4.32. The smallest absolute Gasteiger partial charge is 0.0688 e. The van der Waals surface area contributed by atoms with E-state index in [1.807, 2.05) is 11.3 Å². The number of fused-ring (bicyclic) bond motifs is 13. The predicted molar refractivity (Wildman–Crippen MR) is 301 cm³/mol. The van der Waals surface area contributed by atoms with Crippen LogP contribution in [0.5, 0.6) is 0 Å². The highest BCUT2D eigenvalue weighted by Gasteiger charge is 2.53. The van der Waals surface area contributed by atoms with Gasteiger partial charge in [0.15, 0.2) is 0 Å². The van der Waals surface area contributed by atoms with Crippen LogP contribution < -0.4 is 4.90 Å². The van der Waals surface area contributed by atoms with Gasteiger partial charge in [-0.1, -0.05) is 215 Å². The summed E-state index contributed by atoms with van der Waals surface area (Å²) < 4.78 is 2.49. The van der Waals surface area contributed by atoms with Crippen LogP contribution in [0.4, 0.5) is 11.4 Å². The molecule has 0 aliphatic heterocycles. The lowest BCUT2D eigenvalue weighted by molar-refractivity contribution is 0.590. The molecule has 0 bridgehead atoms. The Labute approximate surface area is 420 Å². The number of rotatable bonds is 6. The maximum Gasteiger partial charge on any atom is 0.0688 e. The molecule has 0 fully saturated rings. The van der Waals surface area contributed by atoms with Gasteiger partial charge in [0.1, 0.15) is 0 Å². The Hall–Kier alpha value is -8.22. The van der Waals surface area contributed by atoms with Crippen LogP contribution in [0.25, 0.3) is 81.0 Å². The van der Waals surface area contributed by atoms with E-state index in [2.05, 4.69) is 256 Å². The molecule has 3 aliphatic carbocycles. The third kappa shape index (κ3) is 6.26. The molecule has 0 N–H and O–H groups in total. The van der Waals surface area contributed by atoms with Crippen molar-refractivity contribution in [3.63, 3.8) is 0 Å². The first-order valence-electron chi connectivity index (χ1n) is 25.0. The third-order valence-electron chi connectivity index (χ3n) is 15.7. The van der Waals surface area contributed by atoms with Crippen molar-refractivity contribution in [3.05, 3.63) is 270 Å². The largest absolute Gasteiger partial charge is 0.313 e. The van der Waals surface area contributed by atoms with Gasteiger partial charge in [0.2, 0.25) is 0 Å². The van der Waals surface area contributed by atoms with Crippen LogP contribution in [0.2, 0.25) is 0 Å². The van der Waals surface area contributed by atoms with E-state index in [-0.39, 0.29) is 10.8 Å². The van der Waals surface area contributed by atoms with Crippen LogP contribution in [0.15, 0.2) is 230 Å². The van der Waals surface area contributed by atoms with Crippen molar-refractivity contribution in [1.82, 2.24) is 0 Å². The molecule has 14 rings (SSSR count). The Kier molecular flexibility index (Phi) is 9.35. The van der Waals surface area contributed by atoms with Gasteiger partial charge < -0.3 is 4.90 Å². The molecule has 11 aromatic rings. The molecule has 0 saturated heterocycles. The second-order valence-electron chi connectivity index (χ2n) is 20.5. The number of hydrogen-bond donors (Lipinski definition) is 0. The lowest BCUT2D eigenvalue weighted by Gasteiger charge is -2.37. The molecule has 1 aromatic heterocycles. The first kappa shape index (κ1) is 41.7. The molecular weight excluding hydrogens is 875 g/mol. The Morgan fingerprint density at radius 1 is 0.507 bits per heavy atom. The zero-order valence-corrected chi connectivity index (χ0v) is 40.9. The number of anilines is 2. The number of nitrogens with zero attached hydrogens (tertiary/aromatic N) is 1. The van der Waals surface area contributed by atoms with Crippen LogP contribution in [-0.2, 0) is 10.8 Å². The summed E-state index contributed by atoms with van der Waals surface area (Å²) in [5.41, 5.74) is 22.6. The van der Waals surface area contributed by atoms with Crippen molar-refractivity contribution >= 4 is 59.2 Å². The van der Waals surface area contributed by atoms with E-state index < -0.39 is 0 Å². The van der Waals surface area contributed by atoms with E-state index in [1.165, 1.54) is 109 Å².